The number of rotatable bonds is 4. The molecule has 0 atom stereocenters. The van der Waals surface area contributed by atoms with Crippen molar-refractivity contribution in [2.24, 2.45) is 0 Å². The van der Waals surface area contributed by atoms with Crippen LogP contribution in [0.25, 0.3) is 11.2 Å². The minimum absolute atomic E-state index is 0.250. The number of amides is 2. The van der Waals surface area contributed by atoms with Crippen LogP contribution in [0.2, 0.25) is 0 Å². The van der Waals surface area contributed by atoms with Crippen molar-refractivity contribution >= 4 is 28.8 Å². The van der Waals surface area contributed by atoms with Crippen molar-refractivity contribution in [3.05, 3.63) is 12.7 Å². The molecular weight excluding hydrogens is 274 g/mol. The predicted octanol–water partition coefficient (Wildman–Crippen LogP) is -1.24. The lowest BCUT2D eigenvalue weighted by atomic mass is 10.3. The molecule has 110 valence electrons. The van der Waals surface area contributed by atoms with Crippen molar-refractivity contribution in [3.8, 4) is 0 Å². The second-order valence-corrected chi connectivity index (χ2v) is 4.90. The van der Waals surface area contributed by atoms with Crippen LogP contribution in [-0.2, 0) is 16.1 Å². The number of imidazole rings is 1. The maximum atomic E-state index is 11.3. The number of piperazine rings is 1. The van der Waals surface area contributed by atoms with E-state index in [2.05, 4.69) is 20.3 Å². The minimum atomic E-state index is -0.250. The Kier molecular flexibility index (Phi) is 3.48. The third-order valence-corrected chi connectivity index (χ3v) is 3.32. The lowest BCUT2D eigenvalue weighted by Gasteiger charge is -2.25. The molecule has 1 fully saturated rings. The van der Waals surface area contributed by atoms with E-state index >= 15 is 0 Å². The van der Waals surface area contributed by atoms with E-state index in [1.165, 1.54) is 6.33 Å². The molecule has 0 radical (unpaired) electrons. The zero-order valence-corrected chi connectivity index (χ0v) is 11.3. The first-order valence-electron chi connectivity index (χ1n) is 6.60. The average Bonchev–Trinajstić information content (AvgIpc) is 2.83. The number of aryl methyl sites for hydroxylation is 1. The standard InChI is InChI=1S/C12H15N7O2/c13-11-10-12(15-6-14-11)19(7-16-10)3-1-2-18-4-8(20)17-9(21)5-18/h6-7H,1-5H2,(H2,13,14,15)(H,17,20,21). The van der Waals surface area contributed by atoms with Crippen molar-refractivity contribution in [2.45, 2.75) is 13.0 Å². The fourth-order valence-electron chi connectivity index (χ4n) is 2.38. The molecule has 0 bridgehead atoms. The van der Waals surface area contributed by atoms with Crippen LogP contribution in [0.15, 0.2) is 12.7 Å². The monoisotopic (exact) mass is 289 g/mol. The van der Waals surface area contributed by atoms with Gasteiger partial charge in [0.2, 0.25) is 11.8 Å². The van der Waals surface area contributed by atoms with Gasteiger partial charge in [-0.2, -0.15) is 0 Å². The molecule has 9 nitrogen and oxygen atoms in total. The van der Waals surface area contributed by atoms with Gasteiger partial charge in [-0.05, 0) is 6.42 Å². The molecule has 0 aromatic carbocycles. The molecule has 2 amide bonds. The zero-order chi connectivity index (χ0) is 14.8. The number of fused-ring (bicyclic) bond motifs is 1. The van der Waals surface area contributed by atoms with Crippen molar-refractivity contribution in [2.75, 3.05) is 25.4 Å². The van der Waals surface area contributed by atoms with Gasteiger partial charge in [-0.1, -0.05) is 0 Å². The Hall–Kier alpha value is -2.55. The fourth-order valence-corrected chi connectivity index (χ4v) is 2.38. The summed E-state index contributed by atoms with van der Waals surface area (Å²) in [5.41, 5.74) is 7.01. The highest BCUT2D eigenvalue weighted by Gasteiger charge is 2.21. The van der Waals surface area contributed by atoms with Crippen LogP contribution in [0.3, 0.4) is 0 Å². The van der Waals surface area contributed by atoms with Crippen LogP contribution >= 0.6 is 0 Å². The van der Waals surface area contributed by atoms with Crippen molar-refractivity contribution in [1.29, 1.82) is 0 Å². The molecule has 3 rings (SSSR count). The topological polar surface area (TPSA) is 119 Å². The summed E-state index contributed by atoms with van der Waals surface area (Å²) in [5, 5.41) is 2.28. The summed E-state index contributed by atoms with van der Waals surface area (Å²) in [6.07, 6.45) is 3.85. The van der Waals surface area contributed by atoms with Gasteiger partial charge in [0, 0.05) is 13.1 Å². The quantitative estimate of drug-likeness (QED) is 0.675. The molecular formula is C12H15N7O2. The van der Waals surface area contributed by atoms with Gasteiger partial charge in [0.25, 0.3) is 0 Å². The Balaban J connectivity index is 1.61. The van der Waals surface area contributed by atoms with Gasteiger partial charge >= 0.3 is 0 Å². The van der Waals surface area contributed by atoms with Gasteiger partial charge in [0.1, 0.15) is 11.8 Å². The normalized spacial score (nSPS) is 16.4. The molecule has 0 spiro atoms. The summed E-state index contributed by atoms with van der Waals surface area (Å²) in [6.45, 7) is 1.84. The average molecular weight is 289 g/mol. The van der Waals surface area contributed by atoms with E-state index in [1.807, 2.05) is 9.47 Å². The summed E-state index contributed by atoms with van der Waals surface area (Å²) < 4.78 is 1.89. The van der Waals surface area contributed by atoms with Crippen molar-refractivity contribution < 1.29 is 9.59 Å². The van der Waals surface area contributed by atoms with E-state index < -0.39 is 0 Å². The van der Waals surface area contributed by atoms with Gasteiger partial charge < -0.3 is 10.3 Å². The predicted molar refractivity (Wildman–Crippen MR) is 73.9 cm³/mol. The van der Waals surface area contributed by atoms with Crippen LogP contribution in [0.1, 0.15) is 6.42 Å². The largest absolute Gasteiger partial charge is 0.382 e. The highest BCUT2D eigenvalue weighted by molar-refractivity contribution is 5.99. The molecule has 0 aliphatic carbocycles. The maximum absolute atomic E-state index is 11.3. The van der Waals surface area contributed by atoms with E-state index in [9.17, 15) is 9.59 Å². The van der Waals surface area contributed by atoms with Crippen molar-refractivity contribution in [1.82, 2.24) is 29.7 Å². The summed E-state index contributed by atoms with van der Waals surface area (Å²) in [7, 11) is 0. The second-order valence-electron chi connectivity index (χ2n) is 4.90. The molecule has 1 aliphatic rings. The molecule has 0 saturated carbocycles. The SMILES string of the molecule is Nc1ncnc2c1ncn2CCCN1CC(=O)NC(=O)C1. The molecule has 21 heavy (non-hydrogen) atoms. The third kappa shape index (κ3) is 2.82. The minimum Gasteiger partial charge on any atom is -0.382 e. The maximum Gasteiger partial charge on any atom is 0.240 e. The van der Waals surface area contributed by atoms with Gasteiger partial charge in [-0.15, -0.1) is 0 Å². The Bertz CT molecular complexity index is 680. The van der Waals surface area contributed by atoms with Crippen LogP contribution in [0, 0.1) is 0 Å². The number of aromatic nitrogens is 4. The van der Waals surface area contributed by atoms with E-state index in [0.717, 1.165) is 6.42 Å². The highest BCUT2D eigenvalue weighted by Crippen LogP contribution is 2.14. The highest BCUT2D eigenvalue weighted by atomic mass is 16.2. The first-order valence-corrected chi connectivity index (χ1v) is 6.60. The molecule has 9 heteroatoms. The Labute approximate surface area is 120 Å². The number of nitrogen functional groups attached to an aromatic ring is 1. The van der Waals surface area contributed by atoms with Gasteiger partial charge in [0.05, 0.1) is 19.4 Å². The molecule has 1 aliphatic heterocycles. The molecule has 3 N–H and O–H groups in total. The van der Waals surface area contributed by atoms with Crippen molar-refractivity contribution in [3.63, 3.8) is 0 Å². The lowest BCUT2D eigenvalue weighted by molar-refractivity contribution is -0.136. The van der Waals surface area contributed by atoms with E-state index in [0.29, 0.717) is 30.1 Å². The number of anilines is 1. The Morgan fingerprint density at radius 2 is 1.90 bits per heavy atom. The number of nitrogens with two attached hydrogens (primary N) is 1. The Morgan fingerprint density at radius 1 is 1.14 bits per heavy atom. The number of nitrogens with one attached hydrogen (secondary N) is 1. The second kappa shape index (κ2) is 5.44. The van der Waals surface area contributed by atoms with Crippen LogP contribution < -0.4 is 11.1 Å². The first kappa shape index (κ1) is 13.4. The number of imide groups is 1. The summed E-state index contributed by atoms with van der Waals surface area (Å²) in [4.78, 5) is 36.6. The number of carbonyl (C=O) groups is 2. The third-order valence-electron chi connectivity index (χ3n) is 3.32. The van der Waals surface area contributed by atoms with E-state index in [-0.39, 0.29) is 24.9 Å². The van der Waals surface area contributed by atoms with Gasteiger partial charge in [0.15, 0.2) is 11.5 Å². The lowest BCUT2D eigenvalue weighted by Crippen LogP contribution is -2.51. The smallest absolute Gasteiger partial charge is 0.240 e. The van der Waals surface area contributed by atoms with Gasteiger partial charge in [-0.3, -0.25) is 19.8 Å². The Morgan fingerprint density at radius 3 is 2.67 bits per heavy atom. The summed E-state index contributed by atoms with van der Waals surface area (Å²) in [5.74, 6) is -0.142. The van der Waals surface area contributed by atoms with Crippen LogP contribution in [0.5, 0.6) is 0 Å². The summed E-state index contributed by atoms with van der Waals surface area (Å²) >= 11 is 0. The number of hydrogen-bond donors (Lipinski definition) is 2. The van der Waals surface area contributed by atoms with Crippen LogP contribution in [0.4, 0.5) is 5.82 Å². The first-order chi connectivity index (χ1) is 10.1. The zero-order valence-electron chi connectivity index (χ0n) is 11.3. The van der Waals surface area contributed by atoms with Gasteiger partial charge in [-0.25, -0.2) is 15.0 Å². The number of hydrogen-bond acceptors (Lipinski definition) is 7. The van der Waals surface area contributed by atoms with E-state index in [4.69, 9.17) is 5.73 Å². The molecule has 2 aromatic heterocycles. The molecule has 3 heterocycles. The molecule has 2 aromatic rings. The molecule has 0 unspecified atom stereocenters. The fraction of sp³-hybridized carbons (Fsp3) is 0.417. The summed E-state index contributed by atoms with van der Waals surface area (Å²) in [6, 6.07) is 0. The number of carbonyl (C=O) groups excluding carboxylic acids is 2. The van der Waals surface area contributed by atoms with E-state index in [1.54, 1.807) is 6.33 Å². The van der Waals surface area contributed by atoms with Crippen LogP contribution in [-0.4, -0.2) is 55.9 Å². The number of nitrogens with zero attached hydrogens (tertiary/aromatic N) is 5. The molecule has 1 saturated heterocycles.